The average molecular weight is 435 g/mol. The van der Waals surface area contributed by atoms with E-state index in [1.807, 2.05) is 0 Å². The van der Waals surface area contributed by atoms with E-state index in [0.717, 1.165) is 0 Å². The van der Waals surface area contributed by atoms with Crippen molar-refractivity contribution in [2.45, 2.75) is 44.5 Å². The van der Waals surface area contributed by atoms with Crippen LogP contribution in [-0.4, -0.2) is 52.4 Å². The van der Waals surface area contributed by atoms with Gasteiger partial charge in [-0.15, -0.1) is 11.8 Å². The molecule has 2 aromatic rings. The van der Waals surface area contributed by atoms with Gasteiger partial charge in [-0.2, -0.15) is 0 Å². The van der Waals surface area contributed by atoms with Crippen LogP contribution in [0.3, 0.4) is 0 Å². The molecule has 2 aromatic heterocycles. The molecule has 0 radical (unpaired) electrons. The van der Waals surface area contributed by atoms with Gasteiger partial charge < -0.3 is 23.4 Å². The number of furan rings is 1. The highest BCUT2D eigenvalue weighted by atomic mass is 32.2. The number of carbonyl (C=O) groups excluding carboxylic acids is 3. The monoisotopic (exact) mass is 435 g/mol. The van der Waals surface area contributed by atoms with Crippen LogP contribution in [0.15, 0.2) is 41.3 Å². The van der Waals surface area contributed by atoms with Crippen LogP contribution in [0, 0.1) is 0 Å². The third-order valence-electron chi connectivity index (χ3n) is 4.08. The molecule has 0 unspecified atom stereocenters. The molecule has 0 bridgehead atoms. The maximum atomic E-state index is 11.7. The van der Waals surface area contributed by atoms with Crippen molar-refractivity contribution in [1.29, 1.82) is 0 Å². The predicted octanol–water partition coefficient (Wildman–Crippen LogP) is 2.59. The van der Waals surface area contributed by atoms with Crippen molar-refractivity contribution in [2.75, 3.05) is 5.75 Å². The van der Waals surface area contributed by atoms with Crippen molar-refractivity contribution in [3.63, 3.8) is 0 Å². The number of carbonyl (C=O) groups is 3. The fraction of sp³-hybridized carbons (Fsp3) is 0.400. The van der Waals surface area contributed by atoms with Gasteiger partial charge in [0.1, 0.15) is 11.5 Å². The average Bonchev–Trinajstić information content (AvgIpc) is 3.20. The van der Waals surface area contributed by atoms with E-state index in [0.29, 0.717) is 17.1 Å². The summed E-state index contributed by atoms with van der Waals surface area (Å²) in [4.78, 5) is 39.0. The van der Waals surface area contributed by atoms with Gasteiger partial charge in [0.2, 0.25) is 0 Å². The first-order valence-corrected chi connectivity index (χ1v) is 10.2. The Morgan fingerprint density at radius 3 is 2.37 bits per heavy atom. The van der Waals surface area contributed by atoms with Gasteiger partial charge in [-0.1, -0.05) is 0 Å². The Hall–Kier alpha value is -3.01. The zero-order valence-electron chi connectivity index (χ0n) is 16.6. The van der Waals surface area contributed by atoms with Gasteiger partial charge in [-0.05, 0) is 18.2 Å². The number of rotatable bonds is 6. The molecule has 3 heterocycles. The van der Waals surface area contributed by atoms with Crippen LogP contribution in [0.4, 0.5) is 0 Å². The van der Waals surface area contributed by atoms with E-state index in [2.05, 4.69) is 4.98 Å². The Bertz CT molecular complexity index is 900. The molecule has 3 rings (SSSR count). The van der Waals surface area contributed by atoms with Crippen molar-refractivity contribution in [3.05, 3.63) is 36.9 Å². The number of aromatic nitrogens is 1. The molecular formula is C20H21NO8S. The van der Waals surface area contributed by atoms with E-state index in [1.165, 1.54) is 38.7 Å². The molecule has 0 amide bonds. The highest BCUT2D eigenvalue weighted by molar-refractivity contribution is 7.99. The molecule has 0 aromatic carbocycles. The van der Waals surface area contributed by atoms with Gasteiger partial charge in [-0.25, -0.2) is 0 Å². The first-order valence-electron chi connectivity index (χ1n) is 9.12. The summed E-state index contributed by atoms with van der Waals surface area (Å²) >= 11 is 1.27. The summed E-state index contributed by atoms with van der Waals surface area (Å²) < 4.78 is 27.4. The smallest absolute Gasteiger partial charge is 0.303 e. The lowest BCUT2D eigenvalue weighted by molar-refractivity contribution is -0.186. The summed E-state index contributed by atoms with van der Waals surface area (Å²) in [5.74, 6) is -0.405. The normalized spacial score (nSPS) is 23.3. The topological polar surface area (TPSA) is 114 Å². The van der Waals surface area contributed by atoms with Gasteiger partial charge in [0.05, 0.1) is 12.5 Å². The molecule has 9 nitrogen and oxygen atoms in total. The fourth-order valence-electron chi connectivity index (χ4n) is 3.00. The van der Waals surface area contributed by atoms with Crippen molar-refractivity contribution in [3.8, 4) is 17.1 Å². The Morgan fingerprint density at radius 1 is 1.03 bits per heavy atom. The molecule has 0 saturated carbocycles. The Morgan fingerprint density at radius 2 is 1.73 bits per heavy atom. The van der Waals surface area contributed by atoms with Crippen LogP contribution in [0.5, 0.6) is 5.75 Å². The van der Waals surface area contributed by atoms with Gasteiger partial charge in [0.25, 0.3) is 0 Å². The number of nitrogens with zero attached hydrogens (tertiary/aromatic N) is 1. The number of ether oxygens (including phenoxy) is 4. The third-order valence-corrected chi connectivity index (χ3v) is 5.29. The minimum atomic E-state index is -1.01. The van der Waals surface area contributed by atoms with E-state index in [4.69, 9.17) is 23.4 Å². The Labute approximate surface area is 177 Å². The molecule has 1 aliphatic heterocycles. The minimum Gasteiger partial charge on any atom is -0.474 e. The Kier molecular flexibility index (Phi) is 6.99. The number of esters is 3. The summed E-state index contributed by atoms with van der Waals surface area (Å²) in [5, 5.41) is 0. The molecular weight excluding hydrogens is 414 g/mol. The van der Waals surface area contributed by atoms with Crippen LogP contribution < -0.4 is 4.74 Å². The van der Waals surface area contributed by atoms with E-state index in [1.54, 1.807) is 30.7 Å². The molecule has 0 N–H and O–H groups in total. The second kappa shape index (κ2) is 9.66. The second-order valence-electron chi connectivity index (χ2n) is 6.50. The van der Waals surface area contributed by atoms with Crippen LogP contribution in [0.2, 0.25) is 0 Å². The summed E-state index contributed by atoms with van der Waals surface area (Å²) in [6, 6.07) is 5.28. The zero-order valence-corrected chi connectivity index (χ0v) is 17.4. The standard InChI is InChI=1S/C20H21NO8S/c1-11(22)26-17-10-30-20(19(28-13(3)24)18(17)27-12(2)23)29-15-7-14(8-21-9-15)16-5-4-6-25-16/h4-9,17-20H,10H2,1-3H3/t17-,18+,19-,20-/m1/s1. The molecule has 30 heavy (non-hydrogen) atoms. The van der Waals surface area contributed by atoms with E-state index in [-0.39, 0.29) is 5.75 Å². The summed E-state index contributed by atoms with van der Waals surface area (Å²) in [7, 11) is 0. The maximum Gasteiger partial charge on any atom is 0.303 e. The van der Waals surface area contributed by atoms with Crippen LogP contribution >= 0.6 is 11.8 Å². The van der Waals surface area contributed by atoms with Crippen LogP contribution in [0.1, 0.15) is 20.8 Å². The highest BCUT2D eigenvalue weighted by Crippen LogP contribution is 2.35. The second-order valence-corrected chi connectivity index (χ2v) is 7.63. The molecule has 10 heteroatoms. The van der Waals surface area contributed by atoms with E-state index >= 15 is 0 Å². The van der Waals surface area contributed by atoms with Gasteiger partial charge in [-0.3, -0.25) is 19.4 Å². The van der Waals surface area contributed by atoms with Crippen molar-refractivity contribution >= 4 is 29.7 Å². The molecule has 1 fully saturated rings. The summed E-state index contributed by atoms with van der Waals surface area (Å²) in [5.41, 5.74) is -0.0182. The van der Waals surface area contributed by atoms with Gasteiger partial charge in [0.15, 0.2) is 23.7 Å². The molecule has 160 valence electrons. The number of pyridine rings is 1. The minimum absolute atomic E-state index is 0.283. The molecule has 1 aliphatic rings. The third kappa shape index (κ3) is 5.53. The fourth-order valence-corrected chi connectivity index (χ4v) is 4.22. The lowest BCUT2D eigenvalue weighted by Gasteiger charge is -2.39. The van der Waals surface area contributed by atoms with E-state index < -0.39 is 41.7 Å². The van der Waals surface area contributed by atoms with Gasteiger partial charge in [0, 0.05) is 38.3 Å². The van der Waals surface area contributed by atoms with Crippen LogP contribution in [-0.2, 0) is 28.6 Å². The van der Waals surface area contributed by atoms with Crippen molar-refractivity contribution < 1.29 is 37.7 Å². The molecule has 4 atom stereocenters. The first-order chi connectivity index (χ1) is 14.3. The molecule has 0 aliphatic carbocycles. The quantitative estimate of drug-likeness (QED) is 0.495. The summed E-state index contributed by atoms with van der Waals surface area (Å²) in [6.45, 7) is 3.72. The van der Waals surface area contributed by atoms with E-state index in [9.17, 15) is 14.4 Å². The lowest BCUT2D eigenvalue weighted by Crippen LogP contribution is -2.55. The zero-order chi connectivity index (χ0) is 21.7. The lowest BCUT2D eigenvalue weighted by atomic mass is 10.1. The SMILES string of the molecule is CC(=O)O[C@@H]1[C@@H](OC(C)=O)[C@H](OC(C)=O)CS[C@H]1Oc1cncc(-c2ccco2)c1. The van der Waals surface area contributed by atoms with Crippen molar-refractivity contribution in [2.24, 2.45) is 0 Å². The first kappa shape index (κ1) is 21.7. The van der Waals surface area contributed by atoms with Crippen LogP contribution in [0.25, 0.3) is 11.3 Å². The molecule has 0 spiro atoms. The maximum absolute atomic E-state index is 11.7. The number of hydrogen-bond acceptors (Lipinski definition) is 10. The largest absolute Gasteiger partial charge is 0.474 e. The number of thioether (sulfide) groups is 1. The predicted molar refractivity (Wildman–Crippen MR) is 105 cm³/mol. The molecule has 1 saturated heterocycles. The number of hydrogen-bond donors (Lipinski definition) is 0. The highest BCUT2D eigenvalue weighted by Gasteiger charge is 2.47. The van der Waals surface area contributed by atoms with Gasteiger partial charge >= 0.3 is 17.9 Å². The Balaban J connectivity index is 1.85. The van der Waals surface area contributed by atoms with Crippen molar-refractivity contribution in [1.82, 2.24) is 4.98 Å². The summed E-state index contributed by atoms with van der Waals surface area (Å²) in [6.07, 6.45) is 1.89.